The van der Waals surface area contributed by atoms with Gasteiger partial charge in [-0.15, -0.1) is 5.10 Å². The molecule has 5 heterocycles. The van der Waals surface area contributed by atoms with Crippen molar-refractivity contribution in [3.63, 3.8) is 0 Å². The number of anilines is 1. The van der Waals surface area contributed by atoms with E-state index in [0.29, 0.717) is 40.9 Å². The highest BCUT2D eigenvalue weighted by Gasteiger charge is 2.54. The molecule has 2 fully saturated rings. The molecule has 2 aliphatic rings. The maximum absolute atomic E-state index is 11.7. The minimum absolute atomic E-state index is 0.0369. The summed E-state index contributed by atoms with van der Waals surface area (Å²) in [5.41, 5.74) is 2.89. The average molecular weight is 590 g/mol. The van der Waals surface area contributed by atoms with E-state index in [2.05, 4.69) is 30.3 Å². The molecule has 0 bridgehead atoms. The second-order valence-corrected chi connectivity index (χ2v) is 12.8. The van der Waals surface area contributed by atoms with Crippen LogP contribution in [0.5, 0.6) is 11.5 Å². The van der Waals surface area contributed by atoms with Crippen LogP contribution in [0.25, 0.3) is 22.2 Å². The van der Waals surface area contributed by atoms with Crippen LogP contribution in [0.3, 0.4) is 0 Å². The van der Waals surface area contributed by atoms with Gasteiger partial charge in [-0.25, -0.2) is 17.7 Å². The van der Waals surface area contributed by atoms with Gasteiger partial charge in [-0.05, 0) is 25.1 Å². The Kier molecular flexibility index (Phi) is 6.33. The first kappa shape index (κ1) is 26.1. The van der Waals surface area contributed by atoms with Crippen molar-refractivity contribution in [2.45, 2.75) is 13.0 Å². The van der Waals surface area contributed by atoms with E-state index < -0.39 is 16.1 Å². The van der Waals surface area contributed by atoms with Crippen LogP contribution in [0.15, 0.2) is 36.7 Å². The van der Waals surface area contributed by atoms with Crippen LogP contribution in [-0.4, -0.2) is 77.6 Å². The van der Waals surface area contributed by atoms with Crippen molar-refractivity contribution in [1.82, 2.24) is 29.7 Å². The van der Waals surface area contributed by atoms with Gasteiger partial charge in [-0.1, -0.05) is 23.2 Å². The van der Waals surface area contributed by atoms with E-state index in [0.717, 1.165) is 35.4 Å². The summed E-state index contributed by atoms with van der Waals surface area (Å²) in [6.07, 6.45) is 3.94. The molecule has 1 aromatic carbocycles. The van der Waals surface area contributed by atoms with E-state index in [4.69, 9.17) is 32.7 Å². The summed E-state index contributed by atoms with van der Waals surface area (Å²) in [4.78, 5) is 6.82. The number of fused-ring (bicyclic) bond motifs is 1. The largest absolute Gasteiger partial charge is 0.493 e. The third kappa shape index (κ3) is 4.65. The molecule has 2 saturated heterocycles. The Morgan fingerprint density at radius 3 is 2.51 bits per heavy atom. The first-order valence-corrected chi connectivity index (χ1v) is 14.7. The number of nitrogens with one attached hydrogen (secondary N) is 1. The standard InChI is InChI=1S/C25H25Cl2N7O4S/c1-14(22-17(26)9-29-32-24(22)27)38-20-6-16-18(7-19(20)37-2)30-31-23(16)15-4-5-21(28-8-15)33-10-25(11-33)12-34(13-25)39(3,35)36/h4-9,14H,10-13H2,1-3H3,(H,30,31). The summed E-state index contributed by atoms with van der Waals surface area (Å²) < 4.78 is 36.7. The third-order valence-electron chi connectivity index (χ3n) is 7.24. The van der Waals surface area contributed by atoms with Crippen molar-refractivity contribution < 1.29 is 17.9 Å². The van der Waals surface area contributed by atoms with Gasteiger partial charge in [0.25, 0.3) is 0 Å². The Balaban J connectivity index is 1.22. The fraction of sp³-hybridized carbons (Fsp3) is 0.360. The molecule has 6 rings (SSSR count). The monoisotopic (exact) mass is 589 g/mol. The predicted octanol–water partition coefficient (Wildman–Crippen LogP) is 3.95. The van der Waals surface area contributed by atoms with Gasteiger partial charge in [0.15, 0.2) is 16.7 Å². The van der Waals surface area contributed by atoms with Crippen molar-refractivity contribution in [3.05, 3.63) is 52.4 Å². The molecule has 3 aromatic heterocycles. The Labute approximate surface area is 235 Å². The average Bonchev–Trinajstić information content (AvgIpc) is 3.24. The quantitative estimate of drug-likeness (QED) is 0.341. The summed E-state index contributed by atoms with van der Waals surface area (Å²) in [6, 6.07) is 7.61. The second kappa shape index (κ2) is 9.47. The lowest BCUT2D eigenvalue weighted by atomic mass is 9.74. The SMILES string of the molecule is COc1cc2[nH]nc(-c3ccc(N4CC5(C4)CN(S(C)(=O)=O)C5)nc3)c2cc1OC(C)c1c(Cl)cnnc1Cl. The van der Waals surface area contributed by atoms with Gasteiger partial charge < -0.3 is 14.4 Å². The van der Waals surface area contributed by atoms with Crippen molar-refractivity contribution in [2.75, 3.05) is 44.4 Å². The van der Waals surface area contributed by atoms with Crippen LogP contribution in [0.2, 0.25) is 10.2 Å². The van der Waals surface area contributed by atoms with Crippen LogP contribution in [0.4, 0.5) is 5.82 Å². The smallest absolute Gasteiger partial charge is 0.211 e. The number of sulfonamides is 1. The number of hydrogen-bond acceptors (Lipinski definition) is 9. The lowest BCUT2D eigenvalue weighted by Crippen LogP contribution is -2.73. The molecule has 39 heavy (non-hydrogen) atoms. The van der Waals surface area contributed by atoms with Crippen LogP contribution in [-0.2, 0) is 10.0 Å². The number of aromatic amines is 1. The van der Waals surface area contributed by atoms with E-state index in [1.165, 1.54) is 16.8 Å². The molecule has 0 amide bonds. The molecule has 1 atom stereocenters. The summed E-state index contributed by atoms with van der Waals surface area (Å²) in [7, 11) is -1.56. The Bertz CT molecular complexity index is 1650. The molecule has 11 nitrogen and oxygen atoms in total. The molecule has 0 saturated carbocycles. The van der Waals surface area contributed by atoms with E-state index in [1.807, 2.05) is 31.2 Å². The molecular weight excluding hydrogens is 565 g/mol. The van der Waals surface area contributed by atoms with Gasteiger partial charge in [0, 0.05) is 54.8 Å². The van der Waals surface area contributed by atoms with Crippen LogP contribution < -0.4 is 14.4 Å². The topological polar surface area (TPSA) is 126 Å². The third-order valence-corrected chi connectivity index (χ3v) is 9.02. The molecule has 1 unspecified atom stereocenters. The van der Waals surface area contributed by atoms with E-state index in [1.54, 1.807) is 13.3 Å². The minimum Gasteiger partial charge on any atom is -0.493 e. The fourth-order valence-electron chi connectivity index (χ4n) is 5.23. The number of ether oxygens (including phenoxy) is 2. The molecule has 1 N–H and O–H groups in total. The highest BCUT2D eigenvalue weighted by molar-refractivity contribution is 7.88. The molecular formula is C25H25Cl2N7O4S. The molecule has 0 radical (unpaired) electrons. The number of aromatic nitrogens is 5. The number of hydrogen-bond donors (Lipinski definition) is 1. The lowest BCUT2D eigenvalue weighted by molar-refractivity contribution is 0.0395. The number of methoxy groups -OCH3 is 1. The van der Waals surface area contributed by atoms with Gasteiger partial charge in [-0.2, -0.15) is 10.2 Å². The van der Waals surface area contributed by atoms with E-state index in [9.17, 15) is 8.42 Å². The zero-order valence-electron chi connectivity index (χ0n) is 21.4. The van der Waals surface area contributed by atoms with Gasteiger partial charge in [0.2, 0.25) is 10.0 Å². The zero-order valence-corrected chi connectivity index (χ0v) is 23.7. The summed E-state index contributed by atoms with van der Waals surface area (Å²) >= 11 is 12.5. The second-order valence-electron chi connectivity index (χ2n) is 10.1. The van der Waals surface area contributed by atoms with Crippen molar-refractivity contribution >= 4 is 49.9 Å². The summed E-state index contributed by atoms with van der Waals surface area (Å²) in [6.45, 7) is 4.54. The van der Waals surface area contributed by atoms with Gasteiger partial charge in [0.1, 0.15) is 17.6 Å². The molecule has 0 aliphatic carbocycles. The molecule has 4 aromatic rings. The Morgan fingerprint density at radius 2 is 1.87 bits per heavy atom. The summed E-state index contributed by atoms with van der Waals surface area (Å²) in [5.74, 6) is 1.86. The minimum atomic E-state index is -3.12. The van der Waals surface area contributed by atoms with Gasteiger partial charge >= 0.3 is 0 Å². The highest BCUT2D eigenvalue weighted by Crippen LogP contribution is 2.43. The van der Waals surface area contributed by atoms with Crippen molar-refractivity contribution in [2.24, 2.45) is 5.41 Å². The number of halogens is 2. The Morgan fingerprint density at radius 1 is 1.10 bits per heavy atom. The number of rotatable bonds is 7. The van der Waals surface area contributed by atoms with Crippen LogP contribution in [0.1, 0.15) is 18.6 Å². The number of pyridine rings is 1. The maximum Gasteiger partial charge on any atom is 0.211 e. The predicted molar refractivity (Wildman–Crippen MR) is 148 cm³/mol. The number of nitrogens with zero attached hydrogens (tertiary/aromatic N) is 6. The molecule has 2 aliphatic heterocycles. The molecule has 14 heteroatoms. The van der Waals surface area contributed by atoms with Crippen LogP contribution >= 0.6 is 23.2 Å². The van der Waals surface area contributed by atoms with Crippen molar-refractivity contribution in [1.29, 1.82) is 0 Å². The van der Waals surface area contributed by atoms with Crippen molar-refractivity contribution in [3.8, 4) is 22.8 Å². The van der Waals surface area contributed by atoms with E-state index in [-0.39, 0.29) is 10.6 Å². The maximum atomic E-state index is 11.7. The first-order valence-electron chi connectivity index (χ1n) is 12.1. The molecule has 204 valence electrons. The fourth-order valence-corrected chi connectivity index (χ4v) is 6.89. The van der Waals surface area contributed by atoms with Crippen LogP contribution in [0, 0.1) is 5.41 Å². The lowest BCUT2D eigenvalue weighted by Gasteiger charge is -2.59. The molecule has 1 spiro atoms. The zero-order chi connectivity index (χ0) is 27.5. The van der Waals surface area contributed by atoms with E-state index >= 15 is 0 Å². The Hall–Kier alpha value is -3.19. The van der Waals surface area contributed by atoms with Gasteiger partial charge in [-0.3, -0.25) is 5.10 Å². The number of H-pyrrole nitrogens is 1. The normalized spacial score (nSPS) is 17.6. The first-order chi connectivity index (χ1) is 18.6. The highest BCUT2D eigenvalue weighted by atomic mass is 35.5. The van der Waals surface area contributed by atoms with Gasteiger partial charge in [0.05, 0.1) is 35.7 Å². The summed E-state index contributed by atoms with van der Waals surface area (Å²) in [5, 5.41) is 16.6. The number of benzene rings is 1.